The molecule has 4 heterocycles. The van der Waals surface area contributed by atoms with Gasteiger partial charge in [-0.15, -0.1) is 0 Å². The van der Waals surface area contributed by atoms with Gasteiger partial charge in [0.1, 0.15) is 5.82 Å². The number of halogens is 2. The Bertz CT molecular complexity index is 1770. The molecule has 1 atom stereocenters. The summed E-state index contributed by atoms with van der Waals surface area (Å²) in [6, 6.07) is 26.8. The molecule has 0 amide bonds. The van der Waals surface area contributed by atoms with Crippen LogP contribution in [0, 0.1) is 0 Å². The molecule has 0 radical (unpaired) electrons. The summed E-state index contributed by atoms with van der Waals surface area (Å²) in [4.78, 5) is 23.6. The lowest BCUT2D eigenvalue weighted by molar-refractivity contribution is 0.249. The van der Waals surface area contributed by atoms with Crippen LogP contribution in [-0.2, 0) is 6.54 Å². The minimum Gasteiger partial charge on any atom is -0.374 e. The number of likely N-dealkylation sites (N-methyl/N-ethyl adjacent to an activating group) is 1. The van der Waals surface area contributed by atoms with Gasteiger partial charge < -0.3 is 20.0 Å². The first-order chi connectivity index (χ1) is 22.5. The molecule has 2 aliphatic rings. The van der Waals surface area contributed by atoms with E-state index in [1.165, 1.54) is 11.1 Å². The van der Waals surface area contributed by atoms with Crippen molar-refractivity contribution >= 4 is 51.6 Å². The number of benzene rings is 3. The number of fused-ring (bicyclic) bond motifs is 1. The SMILES string of the molecule is CN1CCN(c2nccc(N3CCN(Cc4ccc(C(Nc5ccnc6cc(Cl)ccc56)c5ccc(Cl)cc5)cc4)CC3)n2)CC1. The summed E-state index contributed by atoms with van der Waals surface area (Å²) in [5.41, 5.74) is 5.47. The number of pyridine rings is 1. The van der Waals surface area contributed by atoms with Gasteiger partial charge in [-0.1, -0.05) is 59.6 Å². The number of hydrogen-bond donors (Lipinski definition) is 1. The molecule has 0 saturated carbocycles. The molecule has 2 saturated heterocycles. The van der Waals surface area contributed by atoms with E-state index in [1.807, 2.05) is 54.9 Å². The van der Waals surface area contributed by atoms with E-state index in [4.69, 9.17) is 28.2 Å². The highest BCUT2D eigenvalue weighted by molar-refractivity contribution is 6.31. The zero-order chi connectivity index (χ0) is 31.5. The Labute approximate surface area is 280 Å². The molecular formula is C36H38Cl2N8. The molecule has 46 heavy (non-hydrogen) atoms. The molecule has 8 nitrogen and oxygen atoms in total. The van der Waals surface area contributed by atoms with Crippen molar-refractivity contribution in [1.82, 2.24) is 24.8 Å². The Morgan fingerprint density at radius 1 is 0.696 bits per heavy atom. The Balaban J connectivity index is 1.02. The predicted octanol–water partition coefficient (Wildman–Crippen LogP) is 6.61. The Morgan fingerprint density at radius 3 is 2.09 bits per heavy atom. The molecule has 0 aliphatic carbocycles. The van der Waals surface area contributed by atoms with Gasteiger partial charge in [0.05, 0.1) is 11.6 Å². The molecule has 2 fully saturated rings. The highest BCUT2D eigenvalue weighted by Gasteiger charge is 2.22. The third kappa shape index (κ3) is 7.05. The largest absolute Gasteiger partial charge is 0.374 e. The monoisotopic (exact) mass is 652 g/mol. The van der Waals surface area contributed by atoms with Gasteiger partial charge in [-0.2, -0.15) is 4.98 Å². The number of nitrogens with one attached hydrogen (secondary N) is 1. The molecule has 236 valence electrons. The van der Waals surface area contributed by atoms with Gasteiger partial charge >= 0.3 is 0 Å². The first kappa shape index (κ1) is 30.7. The molecule has 3 aromatic carbocycles. The zero-order valence-electron chi connectivity index (χ0n) is 26.0. The van der Waals surface area contributed by atoms with Crippen molar-refractivity contribution in [2.24, 2.45) is 0 Å². The van der Waals surface area contributed by atoms with E-state index in [0.717, 1.165) is 97.8 Å². The van der Waals surface area contributed by atoms with Gasteiger partial charge in [0.2, 0.25) is 5.95 Å². The van der Waals surface area contributed by atoms with Crippen molar-refractivity contribution < 1.29 is 0 Å². The molecular weight excluding hydrogens is 615 g/mol. The smallest absolute Gasteiger partial charge is 0.227 e. The quantitative estimate of drug-likeness (QED) is 0.201. The maximum Gasteiger partial charge on any atom is 0.227 e. The molecule has 2 aliphatic heterocycles. The Hall–Kier alpha value is -3.95. The van der Waals surface area contributed by atoms with Gasteiger partial charge in [0.15, 0.2) is 0 Å². The fraction of sp³-hybridized carbons (Fsp3) is 0.306. The molecule has 1 N–H and O–H groups in total. The van der Waals surface area contributed by atoms with Crippen LogP contribution >= 0.6 is 23.2 Å². The second-order valence-corrected chi connectivity index (χ2v) is 13.0. The van der Waals surface area contributed by atoms with E-state index in [1.54, 1.807) is 0 Å². The second-order valence-electron chi connectivity index (χ2n) is 12.2. The van der Waals surface area contributed by atoms with E-state index in [9.17, 15) is 0 Å². The van der Waals surface area contributed by atoms with Gasteiger partial charge in [-0.3, -0.25) is 9.88 Å². The van der Waals surface area contributed by atoms with E-state index in [2.05, 4.69) is 78.3 Å². The molecule has 7 rings (SSSR count). The van der Waals surface area contributed by atoms with Crippen molar-refractivity contribution in [3.05, 3.63) is 118 Å². The minimum absolute atomic E-state index is 0.0697. The van der Waals surface area contributed by atoms with Crippen LogP contribution < -0.4 is 15.1 Å². The summed E-state index contributed by atoms with van der Waals surface area (Å²) < 4.78 is 0. The number of rotatable bonds is 8. The van der Waals surface area contributed by atoms with Crippen LogP contribution in [0.1, 0.15) is 22.7 Å². The Kier molecular flexibility index (Phi) is 9.21. The van der Waals surface area contributed by atoms with Crippen LogP contribution in [0.25, 0.3) is 10.9 Å². The number of hydrogen-bond acceptors (Lipinski definition) is 8. The zero-order valence-corrected chi connectivity index (χ0v) is 27.5. The molecule has 0 spiro atoms. The van der Waals surface area contributed by atoms with Crippen molar-refractivity contribution in [2.75, 3.05) is 74.5 Å². The van der Waals surface area contributed by atoms with Crippen LogP contribution in [0.4, 0.5) is 17.5 Å². The average Bonchev–Trinajstić information content (AvgIpc) is 3.09. The van der Waals surface area contributed by atoms with E-state index >= 15 is 0 Å². The highest BCUT2D eigenvalue weighted by Crippen LogP contribution is 2.32. The second kappa shape index (κ2) is 13.8. The van der Waals surface area contributed by atoms with Gasteiger partial charge in [0.25, 0.3) is 0 Å². The lowest BCUT2D eigenvalue weighted by atomic mass is 9.97. The maximum absolute atomic E-state index is 6.26. The van der Waals surface area contributed by atoms with Crippen LogP contribution in [0.3, 0.4) is 0 Å². The van der Waals surface area contributed by atoms with E-state index < -0.39 is 0 Å². The predicted molar refractivity (Wildman–Crippen MR) is 189 cm³/mol. The normalized spacial score (nSPS) is 16.9. The number of piperazine rings is 2. The van der Waals surface area contributed by atoms with Crippen molar-refractivity contribution in [2.45, 2.75) is 12.6 Å². The van der Waals surface area contributed by atoms with Gasteiger partial charge in [-0.25, -0.2) is 4.98 Å². The van der Waals surface area contributed by atoms with Crippen molar-refractivity contribution in [3.63, 3.8) is 0 Å². The molecule has 1 unspecified atom stereocenters. The standard InChI is InChI=1S/C36H38Cl2N8/c1-43-16-20-46(21-17-43)36-40-15-13-34(42-36)45-22-18-44(19-23-45)25-26-2-4-27(5-3-26)35(28-6-8-29(37)9-7-28)41-32-12-14-39-33-24-30(38)10-11-31(32)33/h2-15,24,35H,16-23,25H2,1H3,(H,39,41). The van der Waals surface area contributed by atoms with E-state index in [0.29, 0.717) is 5.02 Å². The van der Waals surface area contributed by atoms with Crippen LogP contribution in [0.5, 0.6) is 0 Å². The summed E-state index contributed by atoms with van der Waals surface area (Å²) in [6.07, 6.45) is 3.73. The van der Waals surface area contributed by atoms with Gasteiger partial charge in [0, 0.05) is 92.4 Å². The summed E-state index contributed by atoms with van der Waals surface area (Å²) in [5.74, 6) is 1.87. The molecule has 0 bridgehead atoms. The van der Waals surface area contributed by atoms with Crippen LogP contribution in [0.15, 0.2) is 91.3 Å². The third-order valence-electron chi connectivity index (χ3n) is 9.04. The highest BCUT2D eigenvalue weighted by atomic mass is 35.5. The number of nitrogens with zero attached hydrogens (tertiary/aromatic N) is 7. The summed E-state index contributed by atoms with van der Waals surface area (Å²) in [6.45, 7) is 8.83. The summed E-state index contributed by atoms with van der Waals surface area (Å²) in [5, 5.41) is 6.20. The van der Waals surface area contributed by atoms with Crippen molar-refractivity contribution in [1.29, 1.82) is 0 Å². The molecule has 2 aromatic heterocycles. The first-order valence-electron chi connectivity index (χ1n) is 15.9. The number of aromatic nitrogens is 3. The lowest BCUT2D eigenvalue weighted by Crippen LogP contribution is -2.47. The van der Waals surface area contributed by atoms with Crippen LogP contribution in [-0.4, -0.2) is 84.2 Å². The fourth-order valence-electron chi connectivity index (χ4n) is 6.30. The van der Waals surface area contributed by atoms with Gasteiger partial charge in [-0.05, 0) is 66.2 Å². The average molecular weight is 654 g/mol. The summed E-state index contributed by atoms with van der Waals surface area (Å²) >= 11 is 12.5. The third-order valence-corrected chi connectivity index (χ3v) is 9.52. The van der Waals surface area contributed by atoms with Crippen molar-refractivity contribution in [3.8, 4) is 0 Å². The maximum atomic E-state index is 6.26. The summed E-state index contributed by atoms with van der Waals surface area (Å²) in [7, 11) is 2.17. The minimum atomic E-state index is -0.0697. The molecule has 5 aromatic rings. The topological polar surface area (TPSA) is 63.7 Å². The lowest BCUT2D eigenvalue weighted by Gasteiger charge is -2.36. The van der Waals surface area contributed by atoms with E-state index in [-0.39, 0.29) is 6.04 Å². The number of anilines is 3. The fourth-order valence-corrected chi connectivity index (χ4v) is 6.59. The first-order valence-corrected chi connectivity index (χ1v) is 16.6. The van der Waals surface area contributed by atoms with Crippen LogP contribution in [0.2, 0.25) is 10.0 Å². The molecule has 10 heteroatoms. The Morgan fingerprint density at radius 2 is 1.35 bits per heavy atom.